The van der Waals surface area contributed by atoms with Gasteiger partial charge in [0.15, 0.2) is 11.5 Å². The summed E-state index contributed by atoms with van der Waals surface area (Å²) >= 11 is 0. The highest BCUT2D eigenvalue weighted by molar-refractivity contribution is 5.55. The van der Waals surface area contributed by atoms with E-state index < -0.39 is 0 Å². The number of rotatable bonds is 7. The Morgan fingerprint density at radius 3 is 2.79 bits per heavy atom. The van der Waals surface area contributed by atoms with Gasteiger partial charge in [0.25, 0.3) is 0 Å². The van der Waals surface area contributed by atoms with Crippen LogP contribution in [0.1, 0.15) is 23.1 Å². The van der Waals surface area contributed by atoms with Crippen LogP contribution in [0, 0.1) is 6.92 Å². The van der Waals surface area contributed by atoms with Gasteiger partial charge in [-0.3, -0.25) is 9.80 Å². The van der Waals surface area contributed by atoms with Crippen molar-refractivity contribution in [2.45, 2.75) is 32.5 Å². The molecule has 156 valence electrons. The number of hydrogen-bond acceptors (Lipinski definition) is 6. The van der Waals surface area contributed by atoms with Crippen molar-refractivity contribution in [3.8, 4) is 17.2 Å². The molecule has 6 nitrogen and oxygen atoms in total. The summed E-state index contributed by atoms with van der Waals surface area (Å²) in [5.41, 5.74) is 3.84. The molecule has 1 fully saturated rings. The average molecular weight is 399 g/mol. The molecule has 1 saturated heterocycles. The molecule has 0 saturated carbocycles. The summed E-state index contributed by atoms with van der Waals surface area (Å²) in [7, 11) is 1.66. The third-order valence-electron chi connectivity index (χ3n) is 5.91. The number of ether oxygens (including phenoxy) is 3. The van der Waals surface area contributed by atoms with E-state index in [1.54, 1.807) is 7.11 Å². The fourth-order valence-electron chi connectivity index (χ4n) is 4.27. The van der Waals surface area contributed by atoms with Gasteiger partial charge in [0.05, 0.1) is 7.11 Å². The predicted molar refractivity (Wildman–Crippen MR) is 111 cm³/mol. The van der Waals surface area contributed by atoms with Crippen LogP contribution in [0.3, 0.4) is 0 Å². The summed E-state index contributed by atoms with van der Waals surface area (Å²) in [6.45, 7) is 7.29. The molecule has 0 radical (unpaired) electrons. The standard InChI is InChI=1S/C23H30N2O4/c1-17-5-3-4-6-19(17)14-25-9-8-24(15-20(25)7-10-26)13-18-11-21(27-2)23-22(12-18)28-16-29-23/h3-6,11-12,20,26H,7-10,13-16H2,1-2H3. The van der Waals surface area contributed by atoms with Crippen molar-refractivity contribution < 1.29 is 19.3 Å². The molecule has 1 unspecified atom stereocenters. The zero-order chi connectivity index (χ0) is 20.2. The molecule has 2 heterocycles. The average Bonchev–Trinajstić information content (AvgIpc) is 3.20. The molecule has 6 heteroatoms. The highest BCUT2D eigenvalue weighted by atomic mass is 16.7. The largest absolute Gasteiger partial charge is 0.493 e. The number of hydrogen-bond donors (Lipinski definition) is 1. The smallest absolute Gasteiger partial charge is 0.231 e. The van der Waals surface area contributed by atoms with Gasteiger partial charge >= 0.3 is 0 Å². The summed E-state index contributed by atoms with van der Waals surface area (Å²) in [4.78, 5) is 4.96. The van der Waals surface area contributed by atoms with E-state index in [0.717, 1.165) is 56.2 Å². The van der Waals surface area contributed by atoms with Crippen LogP contribution in [0.4, 0.5) is 0 Å². The first-order chi connectivity index (χ1) is 14.2. The Labute approximate surface area is 172 Å². The molecule has 1 atom stereocenters. The lowest BCUT2D eigenvalue weighted by molar-refractivity contribution is 0.0498. The van der Waals surface area contributed by atoms with Gasteiger partial charge in [-0.2, -0.15) is 0 Å². The molecule has 2 aromatic rings. The lowest BCUT2D eigenvalue weighted by atomic mass is 10.0. The van der Waals surface area contributed by atoms with Crippen LogP contribution in [-0.4, -0.2) is 61.1 Å². The molecule has 0 bridgehead atoms. The highest BCUT2D eigenvalue weighted by Gasteiger charge is 2.28. The number of benzene rings is 2. The third-order valence-corrected chi connectivity index (χ3v) is 5.91. The summed E-state index contributed by atoms with van der Waals surface area (Å²) in [6, 6.07) is 13.0. The maximum atomic E-state index is 9.61. The van der Waals surface area contributed by atoms with Crippen LogP contribution in [0.25, 0.3) is 0 Å². The van der Waals surface area contributed by atoms with Crippen LogP contribution >= 0.6 is 0 Å². The third kappa shape index (κ3) is 4.50. The topological polar surface area (TPSA) is 54.4 Å². The van der Waals surface area contributed by atoms with E-state index >= 15 is 0 Å². The number of methoxy groups -OCH3 is 1. The molecule has 2 aliphatic heterocycles. The molecule has 0 spiro atoms. The van der Waals surface area contributed by atoms with Gasteiger partial charge in [0.2, 0.25) is 12.5 Å². The van der Waals surface area contributed by atoms with Crippen LogP contribution in [0.2, 0.25) is 0 Å². The van der Waals surface area contributed by atoms with Crippen molar-refractivity contribution in [3.63, 3.8) is 0 Å². The summed E-state index contributed by atoms with van der Waals surface area (Å²) in [5, 5.41) is 9.61. The number of fused-ring (bicyclic) bond motifs is 1. The van der Waals surface area contributed by atoms with Crippen molar-refractivity contribution >= 4 is 0 Å². The molecular formula is C23H30N2O4. The fraction of sp³-hybridized carbons (Fsp3) is 0.478. The minimum atomic E-state index is 0.209. The van der Waals surface area contributed by atoms with E-state index in [9.17, 15) is 5.11 Å². The first kappa shape index (κ1) is 20.0. The van der Waals surface area contributed by atoms with Gasteiger partial charge < -0.3 is 19.3 Å². The lowest BCUT2D eigenvalue weighted by Crippen LogP contribution is -2.52. The fourth-order valence-corrected chi connectivity index (χ4v) is 4.27. The van der Waals surface area contributed by atoms with E-state index in [4.69, 9.17) is 14.2 Å². The van der Waals surface area contributed by atoms with Gasteiger partial charge in [-0.15, -0.1) is 0 Å². The second-order valence-electron chi connectivity index (χ2n) is 7.83. The molecule has 2 aliphatic rings. The monoisotopic (exact) mass is 398 g/mol. The molecule has 0 amide bonds. The highest BCUT2D eigenvalue weighted by Crippen LogP contribution is 2.42. The van der Waals surface area contributed by atoms with Crippen molar-refractivity contribution in [3.05, 3.63) is 53.1 Å². The second-order valence-corrected chi connectivity index (χ2v) is 7.83. The summed E-state index contributed by atoms with van der Waals surface area (Å²) in [6.07, 6.45) is 0.785. The van der Waals surface area contributed by atoms with E-state index in [1.165, 1.54) is 11.1 Å². The molecule has 4 rings (SSSR count). The first-order valence-electron chi connectivity index (χ1n) is 10.3. The molecule has 2 aromatic carbocycles. The first-order valence-corrected chi connectivity index (χ1v) is 10.3. The van der Waals surface area contributed by atoms with Crippen LogP contribution in [0.15, 0.2) is 36.4 Å². The van der Waals surface area contributed by atoms with E-state index in [-0.39, 0.29) is 13.4 Å². The van der Waals surface area contributed by atoms with Crippen LogP contribution in [-0.2, 0) is 13.1 Å². The number of aliphatic hydroxyl groups excluding tert-OH is 1. The quantitative estimate of drug-likeness (QED) is 0.774. The number of piperazine rings is 1. The van der Waals surface area contributed by atoms with E-state index in [2.05, 4.69) is 41.0 Å². The molecular weight excluding hydrogens is 368 g/mol. The Bertz CT molecular complexity index is 842. The zero-order valence-electron chi connectivity index (χ0n) is 17.3. The van der Waals surface area contributed by atoms with Crippen molar-refractivity contribution in [2.24, 2.45) is 0 Å². The molecule has 0 aliphatic carbocycles. The Kier molecular flexibility index (Phi) is 6.23. The molecule has 29 heavy (non-hydrogen) atoms. The van der Waals surface area contributed by atoms with Gasteiger partial charge in [-0.05, 0) is 42.2 Å². The van der Waals surface area contributed by atoms with Crippen LogP contribution in [0.5, 0.6) is 17.2 Å². The van der Waals surface area contributed by atoms with E-state index in [0.29, 0.717) is 11.8 Å². The Hall–Kier alpha value is -2.28. The molecule has 0 aromatic heterocycles. The summed E-state index contributed by atoms with van der Waals surface area (Å²) in [5.74, 6) is 2.17. The summed E-state index contributed by atoms with van der Waals surface area (Å²) < 4.78 is 16.5. The van der Waals surface area contributed by atoms with Crippen molar-refractivity contribution in [2.75, 3.05) is 40.1 Å². The number of nitrogens with zero attached hydrogens (tertiary/aromatic N) is 2. The van der Waals surface area contributed by atoms with E-state index in [1.807, 2.05) is 12.1 Å². The van der Waals surface area contributed by atoms with Gasteiger partial charge in [-0.1, -0.05) is 24.3 Å². The predicted octanol–water partition coefficient (Wildman–Crippen LogP) is 2.80. The lowest BCUT2D eigenvalue weighted by Gasteiger charge is -2.41. The minimum absolute atomic E-state index is 0.209. The Balaban J connectivity index is 1.44. The van der Waals surface area contributed by atoms with Gasteiger partial charge in [0, 0.05) is 45.4 Å². The minimum Gasteiger partial charge on any atom is -0.493 e. The number of aliphatic hydroxyl groups is 1. The number of aryl methyl sites for hydroxylation is 1. The van der Waals surface area contributed by atoms with Gasteiger partial charge in [0.1, 0.15) is 0 Å². The Morgan fingerprint density at radius 1 is 1.14 bits per heavy atom. The zero-order valence-corrected chi connectivity index (χ0v) is 17.3. The normalized spacial score (nSPS) is 19.5. The van der Waals surface area contributed by atoms with Crippen LogP contribution < -0.4 is 14.2 Å². The Morgan fingerprint density at radius 2 is 2.00 bits per heavy atom. The second kappa shape index (κ2) is 9.03. The SMILES string of the molecule is COc1cc(CN2CCN(Cc3ccccc3C)C(CCO)C2)cc2c1OCO2. The van der Waals surface area contributed by atoms with Gasteiger partial charge in [-0.25, -0.2) is 0 Å². The molecule has 1 N–H and O–H groups in total. The van der Waals surface area contributed by atoms with Crippen molar-refractivity contribution in [1.29, 1.82) is 0 Å². The maximum absolute atomic E-state index is 9.61. The van der Waals surface area contributed by atoms with Crippen molar-refractivity contribution in [1.82, 2.24) is 9.80 Å². The maximum Gasteiger partial charge on any atom is 0.231 e.